The SMILES string of the molecule is Cc1nc(C(=O)Nc2ccc(OC(F)(F)F)cc2)c(C)o1. The first kappa shape index (κ1) is 14.9. The van der Waals surface area contributed by atoms with Gasteiger partial charge in [0.05, 0.1) is 0 Å². The maximum absolute atomic E-state index is 12.0. The molecule has 0 radical (unpaired) electrons. The van der Waals surface area contributed by atoms with Crippen molar-refractivity contribution in [2.45, 2.75) is 20.2 Å². The van der Waals surface area contributed by atoms with Crippen LogP contribution in [0.2, 0.25) is 0 Å². The zero-order valence-electron chi connectivity index (χ0n) is 11.1. The van der Waals surface area contributed by atoms with Crippen molar-refractivity contribution in [2.24, 2.45) is 0 Å². The zero-order chi connectivity index (χ0) is 15.6. The summed E-state index contributed by atoms with van der Waals surface area (Å²) in [4.78, 5) is 15.8. The van der Waals surface area contributed by atoms with E-state index in [2.05, 4.69) is 15.0 Å². The molecular formula is C13H11F3N2O3. The van der Waals surface area contributed by atoms with Gasteiger partial charge in [-0.25, -0.2) is 4.98 Å². The van der Waals surface area contributed by atoms with E-state index in [9.17, 15) is 18.0 Å². The molecule has 0 spiro atoms. The van der Waals surface area contributed by atoms with Gasteiger partial charge in [-0.1, -0.05) is 0 Å². The van der Waals surface area contributed by atoms with Crippen molar-refractivity contribution in [2.75, 3.05) is 5.32 Å². The number of amides is 1. The monoisotopic (exact) mass is 300 g/mol. The third kappa shape index (κ3) is 3.98. The van der Waals surface area contributed by atoms with Crippen molar-refractivity contribution >= 4 is 11.6 Å². The Hall–Kier alpha value is -2.51. The highest BCUT2D eigenvalue weighted by molar-refractivity contribution is 6.03. The lowest BCUT2D eigenvalue weighted by atomic mass is 10.3. The minimum Gasteiger partial charge on any atom is -0.445 e. The van der Waals surface area contributed by atoms with E-state index in [0.717, 1.165) is 12.1 Å². The molecule has 0 saturated heterocycles. The lowest BCUT2D eigenvalue weighted by Gasteiger charge is -2.09. The predicted molar refractivity (Wildman–Crippen MR) is 67.1 cm³/mol. The quantitative estimate of drug-likeness (QED) is 0.943. The first-order chi connectivity index (χ1) is 9.74. The Bertz CT molecular complexity index is 648. The number of halogens is 3. The molecule has 21 heavy (non-hydrogen) atoms. The molecule has 0 fully saturated rings. The van der Waals surface area contributed by atoms with Crippen molar-refractivity contribution in [3.8, 4) is 5.75 Å². The normalized spacial score (nSPS) is 11.3. The summed E-state index contributed by atoms with van der Waals surface area (Å²) in [6, 6.07) is 4.79. The van der Waals surface area contributed by atoms with Crippen LogP contribution in [0.15, 0.2) is 28.7 Å². The average Bonchev–Trinajstić information content (AvgIpc) is 2.69. The summed E-state index contributed by atoms with van der Waals surface area (Å²) in [5, 5.41) is 2.50. The summed E-state index contributed by atoms with van der Waals surface area (Å²) in [6.07, 6.45) is -4.75. The molecule has 2 aromatic rings. The fourth-order valence-electron chi connectivity index (χ4n) is 1.67. The van der Waals surface area contributed by atoms with Crippen LogP contribution in [0, 0.1) is 13.8 Å². The second kappa shape index (κ2) is 5.47. The van der Waals surface area contributed by atoms with Gasteiger partial charge in [0.25, 0.3) is 5.91 Å². The highest BCUT2D eigenvalue weighted by Crippen LogP contribution is 2.24. The van der Waals surface area contributed by atoms with Gasteiger partial charge in [-0.15, -0.1) is 13.2 Å². The van der Waals surface area contributed by atoms with Gasteiger partial charge in [0, 0.05) is 12.6 Å². The smallest absolute Gasteiger partial charge is 0.445 e. The minimum absolute atomic E-state index is 0.128. The number of nitrogens with one attached hydrogen (secondary N) is 1. The Morgan fingerprint density at radius 3 is 2.33 bits per heavy atom. The fourth-order valence-corrected chi connectivity index (χ4v) is 1.67. The van der Waals surface area contributed by atoms with Gasteiger partial charge < -0.3 is 14.5 Å². The van der Waals surface area contributed by atoms with Crippen LogP contribution in [-0.2, 0) is 0 Å². The Balaban J connectivity index is 2.07. The van der Waals surface area contributed by atoms with Crippen LogP contribution in [0.5, 0.6) is 5.75 Å². The molecule has 0 saturated carbocycles. The molecule has 1 aromatic heterocycles. The summed E-state index contributed by atoms with van der Waals surface area (Å²) >= 11 is 0. The number of aryl methyl sites for hydroxylation is 2. The number of oxazole rings is 1. The molecule has 0 aliphatic carbocycles. The third-order valence-corrected chi connectivity index (χ3v) is 2.46. The summed E-state index contributed by atoms with van der Waals surface area (Å²) in [5.74, 6) is -0.156. The maximum atomic E-state index is 12.0. The van der Waals surface area contributed by atoms with Crippen molar-refractivity contribution in [3.05, 3.63) is 41.6 Å². The average molecular weight is 300 g/mol. The van der Waals surface area contributed by atoms with Gasteiger partial charge in [0.15, 0.2) is 11.6 Å². The number of alkyl halides is 3. The largest absolute Gasteiger partial charge is 0.573 e. The molecule has 1 amide bonds. The number of anilines is 1. The van der Waals surface area contributed by atoms with Gasteiger partial charge in [-0.05, 0) is 31.2 Å². The molecule has 2 rings (SSSR count). The maximum Gasteiger partial charge on any atom is 0.573 e. The van der Waals surface area contributed by atoms with Crippen LogP contribution < -0.4 is 10.1 Å². The second-order valence-electron chi connectivity index (χ2n) is 4.16. The van der Waals surface area contributed by atoms with Gasteiger partial charge in [-0.2, -0.15) is 0 Å². The lowest BCUT2D eigenvalue weighted by Crippen LogP contribution is -2.17. The summed E-state index contributed by atoms with van der Waals surface area (Å²) < 4.78 is 44.9. The topological polar surface area (TPSA) is 64.4 Å². The number of benzene rings is 1. The molecule has 0 atom stereocenters. The van der Waals surface area contributed by atoms with Crippen molar-refractivity contribution in [1.29, 1.82) is 0 Å². The van der Waals surface area contributed by atoms with E-state index in [1.807, 2.05) is 0 Å². The number of rotatable bonds is 3. The molecule has 1 heterocycles. The Morgan fingerprint density at radius 1 is 1.24 bits per heavy atom. The highest BCUT2D eigenvalue weighted by atomic mass is 19.4. The number of hydrogen-bond acceptors (Lipinski definition) is 4. The molecular weight excluding hydrogens is 289 g/mol. The Kier molecular flexibility index (Phi) is 3.88. The van der Waals surface area contributed by atoms with Gasteiger partial charge in [0.1, 0.15) is 11.5 Å². The summed E-state index contributed by atoms with van der Waals surface area (Å²) in [7, 11) is 0. The predicted octanol–water partition coefficient (Wildman–Crippen LogP) is 3.44. The second-order valence-corrected chi connectivity index (χ2v) is 4.16. The van der Waals surface area contributed by atoms with E-state index < -0.39 is 12.3 Å². The highest BCUT2D eigenvalue weighted by Gasteiger charge is 2.31. The van der Waals surface area contributed by atoms with E-state index in [1.165, 1.54) is 12.1 Å². The van der Waals surface area contributed by atoms with E-state index in [-0.39, 0.29) is 11.4 Å². The van der Waals surface area contributed by atoms with Gasteiger partial charge >= 0.3 is 6.36 Å². The molecule has 8 heteroatoms. The van der Waals surface area contributed by atoms with Crippen LogP contribution >= 0.6 is 0 Å². The molecule has 0 aliphatic rings. The fraction of sp³-hybridized carbons (Fsp3) is 0.231. The van der Waals surface area contributed by atoms with E-state index in [4.69, 9.17) is 4.42 Å². The third-order valence-electron chi connectivity index (χ3n) is 2.46. The zero-order valence-corrected chi connectivity index (χ0v) is 11.1. The number of ether oxygens (including phenoxy) is 1. The Morgan fingerprint density at radius 2 is 1.86 bits per heavy atom. The number of carbonyl (C=O) groups excluding carboxylic acids is 1. The molecule has 5 nitrogen and oxygen atoms in total. The molecule has 1 N–H and O–H groups in total. The van der Waals surface area contributed by atoms with Gasteiger partial charge in [0.2, 0.25) is 0 Å². The molecule has 0 unspecified atom stereocenters. The lowest BCUT2D eigenvalue weighted by molar-refractivity contribution is -0.274. The van der Waals surface area contributed by atoms with Crippen molar-refractivity contribution < 1.29 is 27.1 Å². The minimum atomic E-state index is -4.75. The summed E-state index contributed by atoms with van der Waals surface area (Å²) in [5.41, 5.74) is 0.442. The van der Waals surface area contributed by atoms with E-state index >= 15 is 0 Å². The number of carbonyl (C=O) groups is 1. The van der Waals surface area contributed by atoms with Gasteiger partial charge in [-0.3, -0.25) is 4.79 Å². The van der Waals surface area contributed by atoms with Crippen molar-refractivity contribution in [1.82, 2.24) is 4.98 Å². The standard InChI is InChI=1S/C13H11F3N2O3/c1-7-11(17-8(2)20-7)12(19)18-9-3-5-10(6-4-9)21-13(14,15)16/h3-6H,1-2H3,(H,18,19). The van der Waals surface area contributed by atoms with E-state index in [1.54, 1.807) is 13.8 Å². The Labute approximate surface area is 117 Å². The molecule has 1 aromatic carbocycles. The number of nitrogens with zero attached hydrogens (tertiary/aromatic N) is 1. The first-order valence-corrected chi connectivity index (χ1v) is 5.86. The molecule has 112 valence electrons. The molecule has 0 bridgehead atoms. The van der Waals surface area contributed by atoms with Crippen LogP contribution in [0.4, 0.5) is 18.9 Å². The number of hydrogen-bond donors (Lipinski definition) is 1. The number of aromatic nitrogens is 1. The van der Waals surface area contributed by atoms with Crippen molar-refractivity contribution in [3.63, 3.8) is 0 Å². The van der Waals surface area contributed by atoms with Crippen LogP contribution in [0.3, 0.4) is 0 Å². The van der Waals surface area contributed by atoms with Crippen LogP contribution in [0.25, 0.3) is 0 Å². The van der Waals surface area contributed by atoms with Crippen LogP contribution in [0.1, 0.15) is 22.1 Å². The summed E-state index contributed by atoms with van der Waals surface area (Å²) in [6.45, 7) is 3.20. The first-order valence-electron chi connectivity index (χ1n) is 5.86. The van der Waals surface area contributed by atoms with E-state index in [0.29, 0.717) is 17.3 Å². The molecule has 0 aliphatic heterocycles. The van der Waals surface area contributed by atoms with Crippen LogP contribution in [-0.4, -0.2) is 17.3 Å².